The molecule has 0 aliphatic heterocycles. The van der Waals surface area contributed by atoms with Gasteiger partial charge >= 0.3 is 5.97 Å². The first-order valence-corrected chi connectivity index (χ1v) is 4.12. The Balaban J connectivity index is 3.16. The molecule has 0 spiro atoms. The lowest BCUT2D eigenvalue weighted by atomic mass is 10.2. The van der Waals surface area contributed by atoms with Crippen molar-refractivity contribution in [3.8, 4) is 0 Å². The number of hydrogen-bond donors (Lipinski definition) is 2. The van der Waals surface area contributed by atoms with Crippen LogP contribution in [0.25, 0.3) is 0 Å². The molecule has 11 heavy (non-hydrogen) atoms. The molecular weight excluding hydrogens is 142 g/mol. The Bertz CT molecular complexity index is 115. The molecule has 0 saturated heterocycles. The highest BCUT2D eigenvalue weighted by atomic mass is 16.4. The highest BCUT2D eigenvalue weighted by molar-refractivity contribution is 5.66. The SMILES string of the molecule is CCCC(C)NCCC(=O)O. The summed E-state index contributed by atoms with van der Waals surface area (Å²) in [4.78, 5) is 10.1. The summed E-state index contributed by atoms with van der Waals surface area (Å²) in [6.45, 7) is 4.78. The van der Waals surface area contributed by atoms with Crippen molar-refractivity contribution in [2.24, 2.45) is 0 Å². The second-order valence-electron chi connectivity index (χ2n) is 2.79. The Morgan fingerprint density at radius 3 is 2.73 bits per heavy atom. The molecule has 0 bridgehead atoms. The van der Waals surface area contributed by atoms with E-state index in [1.54, 1.807) is 0 Å². The number of carboxylic acids is 1. The van der Waals surface area contributed by atoms with Gasteiger partial charge in [0.1, 0.15) is 0 Å². The number of aliphatic carboxylic acids is 1. The second kappa shape index (κ2) is 6.16. The summed E-state index contributed by atoms with van der Waals surface area (Å²) in [6, 6.07) is 0.444. The van der Waals surface area contributed by atoms with E-state index in [1.165, 1.54) is 0 Å². The van der Waals surface area contributed by atoms with E-state index >= 15 is 0 Å². The van der Waals surface area contributed by atoms with Gasteiger partial charge in [-0.3, -0.25) is 4.79 Å². The molecule has 0 aromatic rings. The minimum Gasteiger partial charge on any atom is -0.481 e. The number of hydrogen-bond acceptors (Lipinski definition) is 2. The molecule has 0 amide bonds. The summed E-state index contributed by atoms with van der Waals surface area (Å²) in [6.07, 6.45) is 2.47. The van der Waals surface area contributed by atoms with Gasteiger partial charge in [0.15, 0.2) is 0 Å². The Kier molecular flexibility index (Phi) is 5.84. The van der Waals surface area contributed by atoms with Crippen LogP contribution in [0.3, 0.4) is 0 Å². The van der Waals surface area contributed by atoms with Crippen LogP contribution in [0, 0.1) is 0 Å². The molecule has 0 aliphatic rings. The molecule has 0 aromatic carbocycles. The highest BCUT2D eigenvalue weighted by Crippen LogP contribution is 1.94. The number of rotatable bonds is 6. The largest absolute Gasteiger partial charge is 0.481 e. The molecule has 3 nitrogen and oxygen atoms in total. The fourth-order valence-electron chi connectivity index (χ4n) is 0.961. The molecule has 1 unspecified atom stereocenters. The van der Waals surface area contributed by atoms with Gasteiger partial charge in [-0.05, 0) is 13.3 Å². The van der Waals surface area contributed by atoms with E-state index in [1.807, 2.05) is 0 Å². The lowest BCUT2D eigenvalue weighted by Crippen LogP contribution is -2.27. The normalized spacial score (nSPS) is 12.9. The van der Waals surface area contributed by atoms with Crippen LogP contribution in [0.1, 0.15) is 33.1 Å². The molecule has 66 valence electrons. The van der Waals surface area contributed by atoms with Gasteiger partial charge in [0.25, 0.3) is 0 Å². The van der Waals surface area contributed by atoms with Crippen LogP contribution in [-0.4, -0.2) is 23.7 Å². The molecule has 0 heterocycles. The van der Waals surface area contributed by atoms with Gasteiger partial charge in [0.05, 0.1) is 6.42 Å². The fraction of sp³-hybridized carbons (Fsp3) is 0.875. The topological polar surface area (TPSA) is 49.3 Å². The van der Waals surface area contributed by atoms with Crippen LogP contribution in [-0.2, 0) is 4.79 Å². The number of carbonyl (C=O) groups is 1. The van der Waals surface area contributed by atoms with E-state index in [2.05, 4.69) is 19.2 Å². The summed E-state index contributed by atoms with van der Waals surface area (Å²) in [5.74, 6) is -0.735. The van der Waals surface area contributed by atoms with Crippen molar-refractivity contribution in [1.82, 2.24) is 5.32 Å². The van der Waals surface area contributed by atoms with Gasteiger partial charge in [0.2, 0.25) is 0 Å². The summed E-state index contributed by atoms with van der Waals surface area (Å²) in [5.41, 5.74) is 0. The molecule has 0 aliphatic carbocycles. The first-order chi connectivity index (χ1) is 5.16. The molecule has 0 aromatic heterocycles. The lowest BCUT2D eigenvalue weighted by Gasteiger charge is -2.10. The molecule has 1 atom stereocenters. The van der Waals surface area contributed by atoms with Crippen molar-refractivity contribution in [2.75, 3.05) is 6.54 Å². The summed E-state index contributed by atoms with van der Waals surface area (Å²) in [7, 11) is 0. The predicted octanol–water partition coefficient (Wildman–Crippen LogP) is 1.24. The second-order valence-corrected chi connectivity index (χ2v) is 2.79. The molecular formula is C8H17NO2. The maximum atomic E-state index is 10.1. The maximum Gasteiger partial charge on any atom is 0.304 e. The highest BCUT2D eigenvalue weighted by Gasteiger charge is 2.00. The molecule has 3 heteroatoms. The molecule has 0 rings (SSSR count). The third-order valence-electron chi connectivity index (χ3n) is 1.55. The first-order valence-electron chi connectivity index (χ1n) is 4.12. The first kappa shape index (κ1) is 10.4. The third-order valence-corrected chi connectivity index (χ3v) is 1.55. The summed E-state index contributed by atoms with van der Waals surface area (Å²) >= 11 is 0. The van der Waals surface area contributed by atoms with Crippen molar-refractivity contribution in [3.63, 3.8) is 0 Å². The summed E-state index contributed by atoms with van der Waals surface area (Å²) < 4.78 is 0. The molecule has 2 N–H and O–H groups in total. The van der Waals surface area contributed by atoms with E-state index < -0.39 is 5.97 Å². The van der Waals surface area contributed by atoms with Crippen molar-refractivity contribution in [2.45, 2.75) is 39.2 Å². The minimum atomic E-state index is -0.735. The van der Waals surface area contributed by atoms with E-state index in [4.69, 9.17) is 5.11 Å². The zero-order valence-electron chi connectivity index (χ0n) is 7.26. The van der Waals surface area contributed by atoms with Crippen molar-refractivity contribution in [1.29, 1.82) is 0 Å². The standard InChI is InChI=1S/C8H17NO2/c1-3-4-7(2)9-6-5-8(10)11/h7,9H,3-6H2,1-2H3,(H,10,11). The molecule has 0 radical (unpaired) electrons. The van der Waals surface area contributed by atoms with Gasteiger partial charge in [0, 0.05) is 12.6 Å². The van der Waals surface area contributed by atoms with Gasteiger partial charge in [-0.15, -0.1) is 0 Å². The van der Waals surface area contributed by atoms with E-state index in [9.17, 15) is 4.79 Å². The fourth-order valence-corrected chi connectivity index (χ4v) is 0.961. The third kappa shape index (κ3) is 7.33. The van der Waals surface area contributed by atoms with Gasteiger partial charge in [-0.25, -0.2) is 0 Å². The zero-order chi connectivity index (χ0) is 8.69. The Labute approximate surface area is 67.8 Å². The van der Waals surface area contributed by atoms with Crippen LogP contribution in [0.2, 0.25) is 0 Å². The Morgan fingerprint density at radius 2 is 2.27 bits per heavy atom. The molecule has 0 fully saturated rings. The van der Waals surface area contributed by atoms with Crippen LogP contribution in [0.5, 0.6) is 0 Å². The average Bonchev–Trinajstić information content (AvgIpc) is 1.87. The van der Waals surface area contributed by atoms with Crippen molar-refractivity contribution >= 4 is 5.97 Å². The van der Waals surface area contributed by atoms with Crippen molar-refractivity contribution in [3.05, 3.63) is 0 Å². The average molecular weight is 159 g/mol. The van der Waals surface area contributed by atoms with Crippen molar-refractivity contribution < 1.29 is 9.90 Å². The van der Waals surface area contributed by atoms with E-state index in [0.29, 0.717) is 12.6 Å². The predicted molar refractivity (Wildman–Crippen MR) is 44.6 cm³/mol. The number of carboxylic acid groups (broad SMARTS) is 1. The zero-order valence-corrected chi connectivity index (χ0v) is 7.26. The lowest BCUT2D eigenvalue weighted by molar-refractivity contribution is -0.136. The molecule has 0 saturated carbocycles. The van der Waals surface area contributed by atoms with E-state index in [0.717, 1.165) is 12.8 Å². The Hall–Kier alpha value is -0.570. The quantitative estimate of drug-likeness (QED) is 0.613. The number of nitrogens with one attached hydrogen (secondary N) is 1. The van der Waals surface area contributed by atoms with Crippen LogP contribution >= 0.6 is 0 Å². The maximum absolute atomic E-state index is 10.1. The van der Waals surface area contributed by atoms with Gasteiger partial charge in [-0.1, -0.05) is 13.3 Å². The van der Waals surface area contributed by atoms with Crippen LogP contribution in [0.4, 0.5) is 0 Å². The smallest absolute Gasteiger partial charge is 0.304 e. The van der Waals surface area contributed by atoms with Gasteiger partial charge in [-0.2, -0.15) is 0 Å². The van der Waals surface area contributed by atoms with Crippen LogP contribution in [0.15, 0.2) is 0 Å². The van der Waals surface area contributed by atoms with Crippen LogP contribution < -0.4 is 5.32 Å². The van der Waals surface area contributed by atoms with E-state index in [-0.39, 0.29) is 6.42 Å². The minimum absolute atomic E-state index is 0.216. The monoisotopic (exact) mass is 159 g/mol. The Morgan fingerprint density at radius 1 is 1.64 bits per heavy atom. The summed E-state index contributed by atoms with van der Waals surface area (Å²) in [5, 5.41) is 11.5. The van der Waals surface area contributed by atoms with Gasteiger partial charge < -0.3 is 10.4 Å².